The molecule has 0 saturated heterocycles. The Hall–Kier alpha value is -0.370. The first kappa shape index (κ1) is 16.0. The number of carbonyl (C=O) groups is 1. The normalized spacial score (nSPS) is 37.0. The van der Waals surface area contributed by atoms with Crippen molar-refractivity contribution in [2.24, 2.45) is 29.1 Å². The van der Waals surface area contributed by atoms with Crippen LogP contribution in [0.1, 0.15) is 72.6 Å². The molecule has 0 unspecified atom stereocenters. The molecular formula is C18H32O2. The fraction of sp³-hybridized carbons (Fsp3) is 0.944. The largest absolute Gasteiger partial charge is 0.393 e. The van der Waals surface area contributed by atoms with Gasteiger partial charge in [-0.15, -0.1) is 0 Å². The molecule has 2 rings (SSSR count). The molecule has 0 aromatic carbocycles. The smallest absolute Gasteiger partial charge is 0.136 e. The van der Waals surface area contributed by atoms with E-state index in [4.69, 9.17) is 0 Å². The van der Waals surface area contributed by atoms with Crippen molar-refractivity contribution in [3.8, 4) is 0 Å². The lowest BCUT2D eigenvalue weighted by Gasteiger charge is -2.42. The summed E-state index contributed by atoms with van der Waals surface area (Å²) in [7, 11) is 0. The lowest BCUT2D eigenvalue weighted by atomic mass is 9.62. The van der Waals surface area contributed by atoms with E-state index in [-0.39, 0.29) is 11.5 Å². The van der Waals surface area contributed by atoms with E-state index in [1.165, 1.54) is 12.8 Å². The maximum Gasteiger partial charge on any atom is 0.136 e. The van der Waals surface area contributed by atoms with Crippen LogP contribution >= 0.6 is 0 Å². The molecule has 0 spiro atoms. The van der Waals surface area contributed by atoms with Gasteiger partial charge < -0.3 is 5.11 Å². The Morgan fingerprint density at radius 2 is 1.95 bits per heavy atom. The molecule has 2 aliphatic carbocycles. The van der Waals surface area contributed by atoms with Gasteiger partial charge in [0.15, 0.2) is 0 Å². The van der Waals surface area contributed by atoms with Crippen molar-refractivity contribution >= 4 is 5.78 Å². The molecule has 116 valence electrons. The SMILES string of the molecule is CC(C)[C@H](O)CC[C@@H](C)[C@H]1CC[C@H]2C(=O)CCC[C@]12C. The molecule has 0 aromatic rings. The fourth-order valence-corrected chi connectivity index (χ4v) is 4.87. The van der Waals surface area contributed by atoms with Crippen LogP contribution in [0.2, 0.25) is 0 Å². The average Bonchev–Trinajstić information content (AvgIpc) is 2.74. The Balaban J connectivity index is 1.97. The molecule has 0 heterocycles. The highest BCUT2D eigenvalue weighted by molar-refractivity contribution is 5.83. The van der Waals surface area contributed by atoms with Gasteiger partial charge in [0, 0.05) is 12.3 Å². The van der Waals surface area contributed by atoms with Crippen LogP contribution < -0.4 is 0 Å². The zero-order valence-electron chi connectivity index (χ0n) is 13.7. The number of aliphatic hydroxyl groups excluding tert-OH is 1. The summed E-state index contributed by atoms with van der Waals surface area (Å²) >= 11 is 0. The summed E-state index contributed by atoms with van der Waals surface area (Å²) in [5.74, 6) is 2.51. The van der Waals surface area contributed by atoms with E-state index in [1.54, 1.807) is 0 Å². The van der Waals surface area contributed by atoms with Crippen molar-refractivity contribution in [1.82, 2.24) is 0 Å². The molecule has 0 aliphatic heterocycles. The summed E-state index contributed by atoms with van der Waals surface area (Å²) in [6.45, 7) is 8.87. The Labute approximate surface area is 124 Å². The predicted molar refractivity (Wildman–Crippen MR) is 82.4 cm³/mol. The van der Waals surface area contributed by atoms with Crippen LogP contribution in [0.5, 0.6) is 0 Å². The third kappa shape index (κ3) is 2.95. The molecule has 0 amide bonds. The molecule has 20 heavy (non-hydrogen) atoms. The van der Waals surface area contributed by atoms with E-state index in [2.05, 4.69) is 27.7 Å². The van der Waals surface area contributed by atoms with Crippen molar-refractivity contribution in [2.75, 3.05) is 0 Å². The van der Waals surface area contributed by atoms with Gasteiger partial charge >= 0.3 is 0 Å². The van der Waals surface area contributed by atoms with Gasteiger partial charge in [-0.05, 0) is 61.7 Å². The molecule has 2 fully saturated rings. The van der Waals surface area contributed by atoms with Crippen LogP contribution in [0.25, 0.3) is 0 Å². The number of Topliss-reactive ketones (excluding diaryl/α,β-unsaturated/α-hetero) is 1. The number of carbonyl (C=O) groups excluding carboxylic acids is 1. The van der Waals surface area contributed by atoms with Crippen molar-refractivity contribution < 1.29 is 9.90 Å². The molecule has 0 aromatic heterocycles. The standard InChI is InChI=1S/C18H32O2/c1-12(2)16(19)10-7-13(3)14-8-9-15-17(20)6-5-11-18(14,15)4/h12-16,19H,5-11H2,1-4H3/t13-,14-,15+,16-,18-/m1/s1. The summed E-state index contributed by atoms with van der Waals surface area (Å²) in [4.78, 5) is 12.2. The number of rotatable bonds is 5. The summed E-state index contributed by atoms with van der Waals surface area (Å²) in [5.41, 5.74) is 0.248. The lowest BCUT2D eigenvalue weighted by Crippen LogP contribution is -2.39. The third-order valence-electron chi connectivity index (χ3n) is 6.31. The number of aliphatic hydroxyl groups is 1. The van der Waals surface area contributed by atoms with Crippen molar-refractivity contribution in [3.05, 3.63) is 0 Å². The van der Waals surface area contributed by atoms with Crippen LogP contribution in [-0.2, 0) is 4.79 Å². The van der Waals surface area contributed by atoms with Crippen LogP contribution in [0.3, 0.4) is 0 Å². The van der Waals surface area contributed by atoms with E-state index in [9.17, 15) is 9.90 Å². The van der Waals surface area contributed by atoms with Gasteiger partial charge in [-0.1, -0.05) is 27.7 Å². The molecule has 2 nitrogen and oxygen atoms in total. The molecular weight excluding hydrogens is 248 g/mol. The Morgan fingerprint density at radius 1 is 1.25 bits per heavy atom. The van der Waals surface area contributed by atoms with Crippen molar-refractivity contribution in [3.63, 3.8) is 0 Å². The van der Waals surface area contributed by atoms with Gasteiger partial charge in [0.2, 0.25) is 0 Å². The summed E-state index contributed by atoms with van der Waals surface area (Å²) in [6.07, 6.45) is 7.28. The number of hydrogen-bond acceptors (Lipinski definition) is 2. The summed E-state index contributed by atoms with van der Waals surface area (Å²) in [6, 6.07) is 0. The second kappa shape index (κ2) is 6.17. The average molecular weight is 280 g/mol. The molecule has 0 bridgehead atoms. The van der Waals surface area contributed by atoms with E-state index >= 15 is 0 Å². The van der Waals surface area contributed by atoms with E-state index in [0.29, 0.717) is 29.5 Å². The molecule has 2 heteroatoms. The van der Waals surface area contributed by atoms with Crippen molar-refractivity contribution in [2.45, 2.75) is 78.7 Å². The van der Waals surface area contributed by atoms with Gasteiger partial charge in [0.05, 0.1) is 6.10 Å². The van der Waals surface area contributed by atoms with Crippen LogP contribution in [0.4, 0.5) is 0 Å². The second-order valence-electron chi connectivity index (χ2n) is 7.93. The Morgan fingerprint density at radius 3 is 2.60 bits per heavy atom. The minimum atomic E-state index is -0.171. The Kier molecular flexibility index (Phi) is 4.94. The highest BCUT2D eigenvalue weighted by Crippen LogP contribution is 2.57. The predicted octanol–water partition coefficient (Wildman–Crippen LogP) is 4.21. The van der Waals surface area contributed by atoms with Gasteiger partial charge in [-0.3, -0.25) is 4.79 Å². The van der Waals surface area contributed by atoms with E-state index < -0.39 is 0 Å². The fourth-order valence-electron chi connectivity index (χ4n) is 4.87. The first-order valence-electron chi connectivity index (χ1n) is 8.57. The quantitative estimate of drug-likeness (QED) is 0.819. The van der Waals surface area contributed by atoms with Crippen LogP contribution in [-0.4, -0.2) is 17.0 Å². The summed E-state index contributed by atoms with van der Waals surface area (Å²) in [5, 5.41) is 10.0. The zero-order valence-corrected chi connectivity index (χ0v) is 13.7. The minimum Gasteiger partial charge on any atom is -0.393 e. The molecule has 2 saturated carbocycles. The first-order valence-corrected chi connectivity index (χ1v) is 8.57. The number of ketones is 1. The highest BCUT2D eigenvalue weighted by atomic mass is 16.3. The van der Waals surface area contributed by atoms with Gasteiger partial charge in [0.1, 0.15) is 5.78 Å². The highest BCUT2D eigenvalue weighted by Gasteiger charge is 2.52. The molecule has 5 atom stereocenters. The lowest BCUT2D eigenvalue weighted by molar-refractivity contribution is -0.130. The molecule has 0 radical (unpaired) electrons. The number of hydrogen-bond donors (Lipinski definition) is 1. The van der Waals surface area contributed by atoms with E-state index in [0.717, 1.165) is 32.1 Å². The monoisotopic (exact) mass is 280 g/mol. The molecule has 1 N–H and O–H groups in total. The van der Waals surface area contributed by atoms with Gasteiger partial charge in [0.25, 0.3) is 0 Å². The maximum absolute atomic E-state index is 12.2. The van der Waals surface area contributed by atoms with Crippen molar-refractivity contribution in [1.29, 1.82) is 0 Å². The van der Waals surface area contributed by atoms with Gasteiger partial charge in [-0.2, -0.15) is 0 Å². The van der Waals surface area contributed by atoms with Crippen LogP contribution in [0.15, 0.2) is 0 Å². The third-order valence-corrected chi connectivity index (χ3v) is 6.31. The first-order chi connectivity index (χ1) is 9.36. The zero-order chi connectivity index (χ0) is 14.9. The second-order valence-corrected chi connectivity index (χ2v) is 7.93. The van der Waals surface area contributed by atoms with Crippen LogP contribution in [0, 0.1) is 29.1 Å². The Bertz CT molecular complexity index is 349. The van der Waals surface area contributed by atoms with Gasteiger partial charge in [-0.25, -0.2) is 0 Å². The van der Waals surface area contributed by atoms with E-state index in [1.807, 2.05) is 0 Å². The maximum atomic E-state index is 12.2. The molecule has 2 aliphatic rings. The summed E-state index contributed by atoms with van der Waals surface area (Å²) < 4.78 is 0. The number of fused-ring (bicyclic) bond motifs is 1. The topological polar surface area (TPSA) is 37.3 Å². The minimum absolute atomic E-state index is 0.171.